The van der Waals surface area contributed by atoms with Crippen molar-refractivity contribution in [2.24, 2.45) is 0 Å². The van der Waals surface area contributed by atoms with E-state index < -0.39 is 15.9 Å². The molecule has 24 heavy (non-hydrogen) atoms. The first-order valence-electron chi connectivity index (χ1n) is 7.12. The van der Waals surface area contributed by atoms with Crippen molar-refractivity contribution in [1.82, 2.24) is 9.29 Å². The van der Waals surface area contributed by atoms with Crippen LogP contribution in [0.5, 0.6) is 0 Å². The quantitative estimate of drug-likeness (QED) is 0.886. The molecule has 0 fully saturated rings. The van der Waals surface area contributed by atoms with Gasteiger partial charge in [0.15, 0.2) is 0 Å². The summed E-state index contributed by atoms with van der Waals surface area (Å²) in [5, 5.41) is 13.0. The van der Waals surface area contributed by atoms with Gasteiger partial charge in [0.2, 0.25) is 5.91 Å². The molecule has 7 nitrogen and oxygen atoms in total. The van der Waals surface area contributed by atoms with Crippen molar-refractivity contribution in [1.29, 1.82) is 0 Å². The number of carbonyl (C=O) groups is 1. The minimum atomic E-state index is -3.80. The van der Waals surface area contributed by atoms with Crippen LogP contribution < -0.4 is 5.32 Å². The Hall–Kier alpha value is -2.87. The van der Waals surface area contributed by atoms with Crippen LogP contribution in [-0.4, -0.2) is 35.8 Å². The lowest BCUT2D eigenvalue weighted by Crippen LogP contribution is -2.33. The number of aliphatic hydroxyl groups is 1. The predicted molar refractivity (Wildman–Crippen MR) is 88.4 cm³/mol. The van der Waals surface area contributed by atoms with Gasteiger partial charge in [0.25, 0.3) is 10.0 Å². The fourth-order valence-corrected chi connectivity index (χ4v) is 3.88. The minimum Gasteiger partial charge on any atom is -0.505 e. The molecular weight excluding hydrogens is 330 g/mol. The van der Waals surface area contributed by atoms with Gasteiger partial charge in [0.05, 0.1) is 17.0 Å². The molecule has 0 radical (unpaired) electrons. The fraction of sp³-hybridized carbons (Fsp3) is 0.125. The Labute approximate surface area is 139 Å². The van der Waals surface area contributed by atoms with E-state index in [4.69, 9.17) is 0 Å². The Kier molecular flexibility index (Phi) is 3.98. The van der Waals surface area contributed by atoms with Gasteiger partial charge in [-0.05, 0) is 24.3 Å². The van der Waals surface area contributed by atoms with Gasteiger partial charge in [-0.3, -0.25) is 9.10 Å². The number of hydrogen-bond acceptors (Lipinski definition) is 5. The number of sulfonamides is 1. The second-order valence-electron chi connectivity index (χ2n) is 5.20. The minimum absolute atomic E-state index is 0.0129. The van der Waals surface area contributed by atoms with Gasteiger partial charge in [-0.2, -0.15) is 0 Å². The summed E-state index contributed by atoms with van der Waals surface area (Å²) < 4.78 is 26.0. The number of benzene rings is 1. The largest absolute Gasteiger partial charge is 0.505 e. The second kappa shape index (κ2) is 5.97. The van der Waals surface area contributed by atoms with E-state index in [1.807, 2.05) is 0 Å². The number of aliphatic hydroxyl groups excluding tert-OH is 1. The van der Waals surface area contributed by atoms with Crippen molar-refractivity contribution in [3.8, 4) is 0 Å². The van der Waals surface area contributed by atoms with E-state index in [-0.39, 0.29) is 28.3 Å². The van der Waals surface area contributed by atoms with Crippen LogP contribution in [0.1, 0.15) is 12.0 Å². The Morgan fingerprint density at radius 2 is 1.92 bits per heavy atom. The summed E-state index contributed by atoms with van der Waals surface area (Å²) in [6, 6.07) is 11.2. The SMILES string of the molecule is CN1C(CC(=O)Nc2ccccn2)=C(O)c2ccccc2S1(=O)=O. The molecule has 3 rings (SSSR count). The molecule has 1 aromatic heterocycles. The highest BCUT2D eigenvalue weighted by molar-refractivity contribution is 7.89. The molecule has 2 N–H and O–H groups in total. The average molecular weight is 345 g/mol. The van der Waals surface area contributed by atoms with Crippen LogP contribution in [0.25, 0.3) is 5.76 Å². The number of aromatic nitrogens is 1. The lowest BCUT2D eigenvalue weighted by molar-refractivity contribution is -0.115. The van der Waals surface area contributed by atoms with Crippen LogP contribution in [0.2, 0.25) is 0 Å². The number of nitrogens with one attached hydrogen (secondary N) is 1. The van der Waals surface area contributed by atoms with Crippen molar-refractivity contribution < 1.29 is 18.3 Å². The molecule has 1 aromatic carbocycles. The van der Waals surface area contributed by atoms with E-state index in [1.54, 1.807) is 30.3 Å². The maximum Gasteiger partial charge on any atom is 0.264 e. The smallest absolute Gasteiger partial charge is 0.264 e. The maximum atomic E-state index is 12.5. The molecule has 0 spiro atoms. The van der Waals surface area contributed by atoms with Gasteiger partial charge in [-0.15, -0.1) is 0 Å². The highest BCUT2D eigenvalue weighted by Crippen LogP contribution is 2.35. The van der Waals surface area contributed by atoms with E-state index in [9.17, 15) is 18.3 Å². The lowest BCUT2D eigenvalue weighted by Gasteiger charge is -2.29. The first-order valence-corrected chi connectivity index (χ1v) is 8.56. The maximum absolute atomic E-state index is 12.5. The summed E-state index contributed by atoms with van der Waals surface area (Å²) in [4.78, 5) is 16.2. The molecule has 2 aromatic rings. The molecule has 0 saturated heterocycles. The molecule has 0 aliphatic carbocycles. The second-order valence-corrected chi connectivity index (χ2v) is 7.14. The van der Waals surface area contributed by atoms with E-state index in [0.29, 0.717) is 5.82 Å². The Morgan fingerprint density at radius 1 is 1.21 bits per heavy atom. The van der Waals surface area contributed by atoms with Gasteiger partial charge in [0.1, 0.15) is 11.6 Å². The van der Waals surface area contributed by atoms with Gasteiger partial charge in [-0.25, -0.2) is 13.4 Å². The third kappa shape index (κ3) is 2.71. The van der Waals surface area contributed by atoms with E-state index >= 15 is 0 Å². The number of rotatable bonds is 3. The first kappa shape index (κ1) is 16.0. The number of nitrogens with zero attached hydrogens (tertiary/aromatic N) is 2. The molecule has 1 aliphatic rings. The summed E-state index contributed by atoms with van der Waals surface area (Å²) >= 11 is 0. The summed E-state index contributed by atoms with van der Waals surface area (Å²) in [6.45, 7) is 0. The number of hydrogen-bond donors (Lipinski definition) is 2. The molecule has 0 saturated carbocycles. The van der Waals surface area contributed by atoms with Crippen molar-refractivity contribution >= 4 is 27.5 Å². The third-order valence-electron chi connectivity index (χ3n) is 3.69. The third-order valence-corrected chi connectivity index (χ3v) is 5.55. The molecule has 2 heterocycles. The van der Waals surface area contributed by atoms with Crippen molar-refractivity contribution in [3.63, 3.8) is 0 Å². The molecule has 1 aliphatic heterocycles. The van der Waals surface area contributed by atoms with Crippen molar-refractivity contribution in [2.45, 2.75) is 11.3 Å². The first-order chi connectivity index (χ1) is 11.4. The van der Waals surface area contributed by atoms with Crippen molar-refractivity contribution in [2.75, 3.05) is 12.4 Å². The van der Waals surface area contributed by atoms with Gasteiger partial charge < -0.3 is 10.4 Å². The number of carbonyl (C=O) groups excluding carboxylic acids is 1. The van der Waals surface area contributed by atoms with Gasteiger partial charge >= 0.3 is 0 Å². The highest BCUT2D eigenvalue weighted by Gasteiger charge is 2.35. The summed E-state index contributed by atoms with van der Waals surface area (Å²) in [6.07, 6.45) is 1.23. The molecule has 8 heteroatoms. The van der Waals surface area contributed by atoms with E-state index in [0.717, 1.165) is 4.31 Å². The van der Waals surface area contributed by atoms with Crippen LogP contribution in [0.15, 0.2) is 59.3 Å². The summed E-state index contributed by atoms with van der Waals surface area (Å²) in [5.74, 6) is -0.347. The summed E-state index contributed by atoms with van der Waals surface area (Å²) in [7, 11) is -2.49. The monoisotopic (exact) mass is 345 g/mol. The summed E-state index contributed by atoms with van der Waals surface area (Å²) in [5.41, 5.74) is 0.207. The average Bonchev–Trinajstić information content (AvgIpc) is 2.58. The zero-order chi connectivity index (χ0) is 17.3. The van der Waals surface area contributed by atoms with Crippen LogP contribution in [0.4, 0.5) is 5.82 Å². The molecule has 124 valence electrons. The number of amides is 1. The van der Waals surface area contributed by atoms with E-state index in [2.05, 4.69) is 10.3 Å². The van der Waals surface area contributed by atoms with Crippen LogP contribution in [0, 0.1) is 0 Å². The topological polar surface area (TPSA) is 99.6 Å². The predicted octanol–water partition coefficient (Wildman–Crippen LogP) is 1.97. The standard InChI is InChI=1S/C16H15N3O4S/c1-19-12(10-15(20)18-14-8-4-5-9-17-14)16(21)11-6-2-3-7-13(11)24(19,22)23/h2-9,21H,10H2,1H3,(H,17,18,20). The van der Waals surface area contributed by atoms with Gasteiger partial charge in [0, 0.05) is 18.8 Å². The van der Waals surface area contributed by atoms with Crippen molar-refractivity contribution in [3.05, 3.63) is 59.9 Å². The molecule has 0 bridgehead atoms. The highest BCUT2D eigenvalue weighted by atomic mass is 32.2. The molecule has 0 unspecified atom stereocenters. The Bertz CT molecular complexity index is 923. The number of anilines is 1. The zero-order valence-corrected chi connectivity index (χ0v) is 13.6. The Morgan fingerprint density at radius 3 is 2.62 bits per heavy atom. The zero-order valence-electron chi connectivity index (χ0n) is 12.8. The fourth-order valence-electron chi connectivity index (χ4n) is 2.46. The normalized spacial score (nSPS) is 15.8. The Balaban J connectivity index is 1.94. The molecular formula is C16H15N3O4S. The van der Waals surface area contributed by atoms with Gasteiger partial charge in [-0.1, -0.05) is 18.2 Å². The van der Waals surface area contributed by atoms with Crippen LogP contribution in [-0.2, 0) is 14.8 Å². The number of pyridine rings is 1. The van der Waals surface area contributed by atoms with Crippen LogP contribution >= 0.6 is 0 Å². The number of fused-ring (bicyclic) bond motifs is 1. The van der Waals surface area contributed by atoms with Crippen LogP contribution in [0.3, 0.4) is 0 Å². The van der Waals surface area contributed by atoms with E-state index in [1.165, 1.54) is 25.4 Å². The lowest BCUT2D eigenvalue weighted by atomic mass is 10.1. The molecule has 1 amide bonds. The molecule has 0 atom stereocenters.